The van der Waals surface area contributed by atoms with E-state index in [1.807, 2.05) is 0 Å². The lowest BCUT2D eigenvalue weighted by atomic mass is 10.0. The summed E-state index contributed by atoms with van der Waals surface area (Å²) in [4.78, 5) is 2.31. The number of rotatable bonds is 3. The first-order valence-electron chi connectivity index (χ1n) is 9.12. The molecule has 0 bridgehead atoms. The van der Waals surface area contributed by atoms with E-state index in [4.69, 9.17) is 0 Å². The van der Waals surface area contributed by atoms with Gasteiger partial charge >= 0.3 is 0 Å². The summed E-state index contributed by atoms with van der Waals surface area (Å²) in [6, 6.07) is 34.4. The van der Waals surface area contributed by atoms with Crippen LogP contribution >= 0.6 is 15.9 Å². The van der Waals surface area contributed by atoms with Gasteiger partial charge in [0.25, 0.3) is 0 Å². The maximum absolute atomic E-state index is 3.86. The van der Waals surface area contributed by atoms with Gasteiger partial charge in [-0.1, -0.05) is 60.7 Å². The van der Waals surface area contributed by atoms with Gasteiger partial charge in [0.2, 0.25) is 0 Å². The largest absolute Gasteiger partial charge is 0.309 e. The van der Waals surface area contributed by atoms with Crippen LogP contribution in [0.2, 0.25) is 0 Å². The third kappa shape index (κ3) is 2.87. The second kappa shape index (κ2) is 6.71. The molecular weight excluding hydrogens is 394 g/mol. The topological polar surface area (TPSA) is 3.24 Å². The molecule has 0 atom stereocenters. The molecule has 2 heteroatoms. The molecule has 0 unspecified atom stereocenters. The Bertz CT molecular complexity index is 1060. The molecule has 4 aromatic carbocycles. The van der Waals surface area contributed by atoms with Gasteiger partial charge < -0.3 is 4.90 Å². The highest BCUT2D eigenvalue weighted by Gasteiger charge is 2.22. The molecule has 1 aliphatic carbocycles. The highest BCUT2D eigenvalue weighted by molar-refractivity contribution is 9.10. The van der Waals surface area contributed by atoms with Gasteiger partial charge in [0.15, 0.2) is 0 Å². The predicted molar refractivity (Wildman–Crippen MR) is 117 cm³/mol. The molecule has 1 aliphatic rings. The predicted octanol–water partition coefficient (Wildman–Crippen LogP) is 7.49. The number of fused-ring (bicyclic) bond motifs is 3. The van der Waals surface area contributed by atoms with Crippen molar-refractivity contribution in [2.45, 2.75) is 6.42 Å². The van der Waals surface area contributed by atoms with E-state index in [1.54, 1.807) is 0 Å². The molecule has 0 amide bonds. The fourth-order valence-corrected chi connectivity index (χ4v) is 4.42. The molecule has 1 nitrogen and oxygen atoms in total. The molecule has 0 radical (unpaired) electrons. The molecule has 130 valence electrons. The highest BCUT2D eigenvalue weighted by Crippen LogP contribution is 2.45. The van der Waals surface area contributed by atoms with Gasteiger partial charge in [0.1, 0.15) is 0 Å². The van der Waals surface area contributed by atoms with E-state index >= 15 is 0 Å². The van der Waals surface area contributed by atoms with Crippen LogP contribution in [0.4, 0.5) is 17.1 Å². The number of halogens is 1. The third-order valence-electron chi connectivity index (χ3n) is 5.13. The van der Waals surface area contributed by atoms with Crippen molar-refractivity contribution in [3.63, 3.8) is 0 Å². The minimum Gasteiger partial charge on any atom is -0.309 e. The SMILES string of the molecule is Brc1cc2c(cc1N(c1ccccc1)c1ccccc1)Cc1ccccc1-2. The quantitative estimate of drug-likeness (QED) is 0.297. The van der Waals surface area contributed by atoms with Gasteiger partial charge in [-0.15, -0.1) is 0 Å². The van der Waals surface area contributed by atoms with E-state index in [2.05, 4.69) is 118 Å². The summed E-state index contributed by atoms with van der Waals surface area (Å²) in [5.74, 6) is 0. The Morgan fingerprint density at radius 3 is 1.85 bits per heavy atom. The summed E-state index contributed by atoms with van der Waals surface area (Å²) in [5, 5.41) is 0. The lowest BCUT2D eigenvalue weighted by molar-refractivity contribution is 1.22. The van der Waals surface area contributed by atoms with Crippen molar-refractivity contribution in [2.24, 2.45) is 0 Å². The average molecular weight is 412 g/mol. The highest BCUT2D eigenvalue weighted by atomic mass is 79.9. The molecule has 0 aromatic heterocycles. The number of anilines is 3. The monoisotopic (exact) mass is 411 g/mol. The van der Waals surface area contributed by atoms with Crippen molar-refractivity contribution in [1.82, 2.24) is 0 Å². The Hall–Kier alpha value is -2.84. The lowest BCUT2D eigenvalue weighted by Crippen LogP contribution is -2.10. The van der Waals surface area contributed by atoms with Crippen LogP contribution in [-0.4, -0.2) is 0 Å². The van der Waals surface area contributed by atoms with Crippen LogP contribution in [0.15, 0.2) is 102 Å². The first kappa shape index (κ1) is 16.3. The molecule has 5 rings (SSSR count). The Kier molecular flexibility index (Phi) is 4.06. The standard InChI is InChI=1S/C25H18BrN/c26-24-17-23-19(15-18-9-7-8-14-22(18)23)16-25(24)27(20-10-3-1-4-11-20)21-12-5-2-6-13-21/h1-14,16-17H,15H2. The number of benzene rings is 4. The van der Waals surface area contributed by atoms with Gasteiger partial charge in [-0.2, -0.15) is 0 Å². The number of para-hydroxylation sites is 2. The van der Waals surface area contributed by atoms with E-state index in [1.165, 1.54) is 27.9 Å². The molecule has 0 fully saturated rings. The van der Waals surface area contributed by atoms with Crippen LogP contribution in [0.25, 0.3) is 11.1 Å². The summed E-state index contributed by atoms with van der Waals surface area (Å²) in [5.41, 5.74) is 8.94. The zero-order valence-corrected chi connectivity index (χ0v) is 16.4. The van der Waals surface area contributed by atoms with Crippen molar-refractivity contribution in [2.75, 3.05) is 4.90 Å². The van der Waals surface area contributed by atoms with Crippen molar-refractivity contribution in [3.8, 4) is 11.1 Å². The lowest BCUT2D eigenvalue weighted by Gasteiger charge is -2.27. The van der Waals surface area contributed by atoms with Crippen molar-refractivity contribution in [3.05, 3.63) is 113 Å². The van der Waals surface area contributed by atoms with Gasteiger partial charge in [-0.3, -0.25) is 0 Å². The Labute approximate surface area is 168 Å². The average Bonchev–Trinajstić information content (AvgIpc) is 3.07. The normalized spacial score (nSPS) is 11.7. The van der Waals surface area contributed by atoms with Crippen LogP contribution in [0.1, 0.15) is 11.1 Å². The second-order valence-electron chi connectivity index (χ2n) is 6.80. The maximum atomic E-state index is 3.86. The fourth-order valence-electron chi connectivity index (χ4n) is 3.90. The van der Waals surface area contributed by atoms with Gasteiger partial charge in [-0.05, 0) is 81.0 Å². The summed E-state index contributed by atoms with van der Waals surface area (Å²) in [6.45, 7) is 0. The first-order chi connectivity index (χ1) is 13.3. The van der Waals surface area contributed by atoms with Crippen LogP contribution in [0, 0.1) is 0 Å². The number of hydrogen-bond acceptors (Lipinski definition) is 1. The molecule has 0 N–H and O–H groups in total. The molecule has 27 heavy (non-hydrogen) atoms. The number of hydrogen-bond donors (Lipinski definition) is 0. The molecule has 0 saturated heterocycles. The smallest absolute Gasteiger partial charge is 0.0607 e. The van der Waals surface area contributed by atoms with Gasteiger partial charge in [0.05, 0.1) is 5.69 Å². The Morgan fingerprint density at radius 2 is 1.19 bits per heavy atom. The van der Waals surface area contributed by atoms with Crippen LogP contribution in [0.3, 0.4) is 0 Å². The summed E-state index contributed by atoms with van der Waals surface area (Å²) in [6.07, 6.45) is 0.989. The van der Waals surface area contributed by atoms with Gasteiger partial charge in [0, 0.05) is 15.8 Å². The zero-order chi connectivity index (χ0) is 18.2. The summed E-state index contributed by atoms with van der Waals surface area (Å²) in [7, 11) is 0. The minimum absolute atomic E-state index is 0.989. The summed E-state index contributed by atoms with van der Waals surface area (Å²) < 4.78 is 1.10. The van der Waals surface area contributed by atoms with E-state index in [0.29, 0.717) is 0 Å². The first-order valence-corrected chi connectivity index (χ1v) is 9.91. The van der Waals surface area contributed by atoms with E-state index < -0.39 is 0 Å². The molecule has 0 heterocycles. The Morgan fingerprint density at radius 1 is 0.593 bits per heavy atom. The molecule has 4 aromatic rings. The second-order valence-corrected chi connectivity index (χ2v) is 7.66. The zero-order valence-electron chi connectivity index (χ0n) is 14.8. The molecular formula is C25H18BrN. The van der Waals surface area contributed by atoms with Crippen molar-refractivity contribution >= 4 is 33.0 Å². The van der Waals surface area contributed by atoms with Crippen molar-refractivity contribution < 1.29 is 0 Å². The van der Waals surface area contributed by atoms with Crippen LogP contribution in [-0.2, 0) is 6.42 Å². The molecule has 0 saturated carbocycles. The van der Waals surface area contributed by atoms with Gasteiger partial charge in [-0.25, -0.2) is 0 Å². The molecule has 0 aliphatic heterocycles. The summed E-state index contributed by atoms with van der Waals surface area (Å²) >= 11 is 3.86. The third-order valence-corrected chi connectivity index (χ3v) is 5.77. The van der Waals surface area contributed by atoms with E-state index in [9.17, 15) is 0 Å². The van der Waals surface area contributed by atoms with Crippen LogP contribution < -0.4 is 4.90 Å². The Balaban J connectivity index is 1.69. The van der Waals surface area contributed by atoms with E-state index in [0.717, 1.165) is 22.3 Å². The number of nitrogens with zero attached hydrogens (tertiary/aromatic N) is 1. The molecule has 0 spiro atoms. The maximum Gasteiger partial charge on any atom is 0.0607 e. The van der Waals surface area contributed by atoms with Crippen molar-refractivity contribution in [1.29, 1.82) is 0 Å². The van der Waals surface area contributed by atoms with E-state index in [-0.39, 0.29) is 0 Å². The fraction of sp³-hybridized carbons (Fsp3) is 0.0400. The minimum atomic E-state index is 0.989. The van der Waals surface area contributed by atoms with Crippen LogP contribution in [0.5, 0.6) is 0 Å².